The second-order valence-corrected chi connectivity index (χ2v) is 5.99. The molecule has 0 aliphatic rings. The summed E-state index contributed by atoms with van der Waals surface area (Å²) < 4.78 is 0.941. The van der Waals surface area contributed by atoms with Gasteiger partial charge < -0.3 is 5.32 Å². The number of carbonyl (C=O) groups excluding carboxylic acids is 1. The quantitative estimate of drug-likeness (QED) is 0.624. The van der Waals surface area contributed by atoms with Crippen molar-refractivity contribution in [3.63, 3.8) is 0 Å². The number of benzene rings is 2. The third-order valence-corrected chi connectivity index (χ3v) is 3.98. The van der Waals surface area contributed by atoms with Gasteiger partial charge in [0.05, 0.1) is 21.6 Å². The van der Waals surface area contributed by atoms with E-state index in [0.717, 1.165) is 10.0 Å². The van der Waals surface area contributed by atoms with Crippen molar-refractivity contribution in [3.05, 3.63) is 73.2 Å². The van der Waals surface area contributed by atoms with Gasteiger partial charge in [-0.1, -0.05) is 39.7 Å². The van der Waals surface area contributed by atoms with Gasteiger partial charge in [-0.15, -0.1) is 0 Å². The lowest BCUT2D eigenvalue weighted by atomic mass is 10.1. The van der Waals surface area contributed by atoms with E-state index in [1.807, 2.05) is 31.2 Å². The number of nitrogens with one attached hydrogen (secondary N) is 1. The molecule has 0 aliphatic carbocycles. The van der Waals surface area contributed by atoms with Crippen molar-refractivity contribution in [2.24, 2.45) is 0 Å². The number of nitrogens with zero attached hydrogens (tertiary/aromatic N) is 1. The first-order valence-electron chi connectivity index (χ1n) is 6.38. The molecule has 0 unspecified atom stereocenters. The summed E-state index contributed by atoms with van der Waals surface area (Å²) in [7, 11) is 0. The Balaban J connectivity index is 2.20. The first-order chi connectivity index (χ1) is 10.4. The lowest BCUT2D eigenvalue weighted by Gasteiger charge is -2.15. The van der Waals surface area contributed by atoms with E-state index in [1.165, 1.54) is 18.2 Å². The molecule has 0 saturated carbocycles. The molecule has 0 spiro atoms. The van der Waals surface area contributed by atoms with Crippen LogP contribution in [0.25, 0.3) is 0 Å². The molecule has 0 heterocycles. The zero-order chi connectivity index (χ0) is 16.3. The second kappa shape index (κ2) is 6.89. The molecule has 2 rings (SSSR count). The monoisotopic (exact) mass is 382 g/mol. The summed E-state index contributed by atoms with van der Waals surface area (Å²) in [5.41, 5.74) is 0.823. The van der Waals surface area contributed by atoms with Crippen molar-refractivity contribution in [2.75, 3.05) is 0 Å². The van der Waals surface area contributed by atoms with Crippen LogP contribution >= 0.6 is 27.5 Å². The number of non-ortho nitro benzene ring substituents is 1. The average Bonchev–Trinajstić information content (AvgIpc) is 2.47. The van der Waals surface area contributed by atoms with Crippen LogP contribution in [-0.4, -0.2) is 10.8 Å². The first kappa shape index (κ1) is 16.5. The number of halogens is 2. The van der Waals surface area contributed by atoms with E-state index < -0.39 is 10.8 Å². The number of rotatable bonds is 4. The molecule has 0 bridgehead atoms. The third-order valence-electron chi connectivity index (χ3n) is 3.12. The van der Waals surface area contributed by atoms with Gasteiger partial charge in [0.1, 0.15) is 0 Å². The molecule has 7 heteroatoms. The van der Waals surface area contributed by atoms with E-state index in [4.69, 9.17) is 11.6 Å². The normalized spacial score (nSPS) is 11.8. The molecule has 1 N–H and O–H groups in total. The molecule has 22 heavy (non-hydrogen) atoms. The maximum Gasteiger partial charge on any atom is 0.270 e. The summed E-state index contributed by atoms with van der Waals surface area (Å²) in [6, 6.07) is 11.0. The van der Waals surface area contributed by atoms with Gasteiger partial charge in [0, 0.05) is 16.6 Å². The molecular formula is C15H12BrClN2O3. The molecule has 0 saturated heterocycles. The third kappa shape index (κ3) is 3.84. The van der Waals surface area contributed by atoms with Crippen molar-refractivity contribution in [3.8, 4) is 0 Å². The van der Waals surface area contributed by atoms with Gasteiger partial charge in [-0.2, -0.15) is 0 Å². The lowest BCUT2D eigenvalue weighted by Crippen LogP contribution is -2.26. The summed E-state index contributed by atoms with van der Waals surface area (Å²) >= 11 is 9.30. The van der Waals surface area contributed by atoms with Gasteiger partial charge in [0.2, 0.25) is 0 Å². The lowest BCUT2D eigenvalue weighted by molar-refractivity contribution is -0.384. The van der Waals surface area contributed by atoms with E-state index in [1.54, 1.807) is 0 Å². The van der Waals surface area contributed by atoms with Gasteiger partial charge >= 0.3 is 0 Å². The SMILES string of the molecule is C[C@@H](NC(=O)c1cc([N+](=O)[O-])ccc1Cl)c1ccc(Br)cc1. The number of hydrogen-bond acceptors (Lipinski definition) is 3. The minimum Gasteiger partial charge on any atom is -0.345 e. The highest BCUT2D eigenvalue weighted by Crippen LogP contribution is 2.23. The van der Waals surface area contributed by atoms with Crippen LogP contribution in [0.1, 0.15) is 28.9 Å². The second-order valence-electron chi connectivity index (χ2n) is 4.67. The fourth-order valence-corrected chi connectivity index (χ4v) is 2.38. The van der Waals surface area contributed by atoms with E-state index in [9.17, 15) is 14.9 Å². The Bertz CT molecular complexity index is 719. The summed E-state index contributed by atoms with van der Waals surface area (Å²) in [5, 5.41) is 13.7. The van der Waals surface area contributed by atoms with Gasteiger partial charge in [-0.05, 0) is 30.7 Å². The van der Waals surface area contributed by atoms with E-state index in [0.29, 0.717) is 0 Å². The standard InChI is InChI=1S/C15H12BrClN2O3/c1-9(10-2-4-11(16)5-3-10)18-15(20)13-8-12(19(21)22)6-7-14(13)17/h2-9H,1H3,(H,18,20)/t9-/m1/s1. The number of nitro benzene ring substituents is 1. The number of amides is 1. The number of nitro groups is 1. The molecule has 5 nitrogen and oxygen atoms in total. The van der Waals surface area contributed by atoms with Crippen LogP contribution in [0.3, 0.4) is 0 Å². The molecular weight excluding hydrogens is 372 g/mol. The first-order valence-corrected chi connectivity index (χ1v) is 7.56. The van der Waals surface area contributed by atoms with Crippen LogP contribution in [0.2, 0.25) is 5.02 Å². The largest absolute Gasteiger partial charge is 0.345 e. The van der Waals surface area contributed by atoms with E-state index >= 15 is 0 Å². The summed E-state index contributed by atoms with van der Waals surface area (Å²) in [4.78, 5) is 22.5. The maximum absolute atomic E-state index is 12.3. The highest BCUT2D eigenvalue weighted by molar-refractivity contribution is 9.10. The van der Waals surface area contributed by atoms with Crippen LogP contribution in [0.4, 0.5) is 5.69 Å². The van der Waals surface area contributed by atoms with Crippen molar-refractivity contribution in [1.29, 1.82) is 0 Å². The van der Waals surface area contributed by atoms with Crippen LogP contribution in [0, 0.1) is 10.1 Å². The summed E-state index contributed by atoms with van der Waals surface area (Å²) in [6.07, 6.45) is 0. The van der Waals surface area contributed by atoms with Gasteiger partial charge in [0.25, 0.3) is 11.6 Å². The van der Waals surface area contributed by atoms with Crippen molar-refractivity contribution in [1.82, 2.24) is 5.32 Å². The minimum atomic E-state index is -0.564. The van der Waals surface area contributed by atoms with Crippen LogP contribution in [0.5, 0.6) is 0 Å². The molecule has 0 aliphatic heterocycles. The highest BCUT2D eigenvalue weighted by Gasteiger charge is 2.18. The summed E-state index contributed by atoms with van der Waals surface area (Å²) in [5.74, 6) is -0.455. The van der Waals surface area contributed by atoms with Crippen LogP contribution in [-0.2, 0) is 0 Å². The average molecular weight is 384 g/mol. The van der Waals surface area contributed by atoms with E-state index in [2.05, 4.69) is 21.2 Å². The molecule has 0 radical (unpaired) electrons. The van der Waals surface area contributed by atoms with Crippen LogP contribution < -0.4 is 5.32 Å². The maximum atomic E-state index is 12.3. The Morgan fingerprint density at radius 2 is 1.91 bits per heavy atom. The zero-order valence-electron chi connectivity index (χ0n) is 11.5. The van der Waals surface area contributed by atoms with E-state index in [-0.39, 0.29) is 22.3 Å². The smallest absolute Gasteiger partial charge is 0.270 e. The molecule has 114 valence electrons. The Morgan fingerprint density at radius 1 is 1.27 bits per heavy atom. The Morgan fingerprint density at radius 3 is 2.50 bits per heavy atom. The Labute approximate surface area is 140 Å². The fourth-order valence-electron chi connectivity index (χ4n) is 1.91. The highest BCUT2D eigenvalue weighted by atomic mass is 79.9. The van der Waals surface area contributed by atoms with Crippen molar-refractivity contribution < 1.29 is 9.72 Å². The molecule has 2 aromatic rings. The minimum absolute atomic E-state index is 0.0832. The Kier molecular flexibility index (Phi) is 5.15. The van der Waals surface area contributed by atoms with Crippen molar-refractivity contribution in [2.45, 2.75) is 13.0 Å². The predicted molar refractivity (Wildman–Crippen MR) is 88.1 cm³/mol. The molecule has 1 atom stereocenters. The van der Waals surface area contributed by atoms with Crippen molar-refractivity contribution >= 4 is 39.1 Å². The number of carbonyl (C=O) groups is 1. The van der Waals surface area contributed by atoms with Crippen LogP contribution in [0.15, 0.2) is 46.9 Å². The fraction of sp³-hybridized carbons (Fsp3) is 0.133. The van der Waals surface area contributed by atoms with Gasteiger partial charge in [-0.3, -0.25) is 14.9 Å². The predicted octanol–water partition coefficient (Wildman–Crippen LogP) is 4.50. The topological polar surface area (TPSA) is 72.2 Å². The van der Waals surface area contributed by atoms with Gasteiger partial charge in [0.15, 0.2) is 0 Å². The molecule has 0 aromatic heterocycles. The van der Waals surface area contributed by atoms with Gasteiger partial charge in [-0.25, -0.2) is 0 Å². The molecule has 2 aromatic carbocycles. The summed E-state index contributed by atoms with van der Waals surface area (Å²) in [6.45, 7) is 1.83. The molecule has 1 amide bonds. The number of hydrogen-bond donors (Lipinski definition) is 1. The zero-order valence-corrected chi connectivity index (χ0v) is 13.9. The molecule has 0 fully saturated rings. The Hall–Kier alpha value is -1.92.